The molecule has 0 spiro atoms. The van der Waals surface area contributed by atoms with Crippen LogP contribution in [0, 0.1) is 5.92 Å². The molecule has 1 aliphatic carbocycles. The number of hydrogen-bond acceptors (Lipinski definition) is 4. The molecule has 132 valence electrons. The molecule has 0 aliphatic heterocycles. The maximum absolute atomic E-state index is 12.3. The maximum Gasteiger partial charge on any atom is 0.326 e. The van der Waals surface area contributed by atoms with Crippen molar-refractivity contribution in [2.45, 2.75) is 51.7 Å². The number of carboxylic acids is 1. The fourth-order valence-electron chi connectivity index (χ4n) is 2.83. The molecule has 0 heterocycles. The van der Waals surface area contributed by atoms with Gasteiger partial charge in [-0.15, -0.1) is 0 Å². The van der Waals surface area contributed by atoms with Gasteiger partial charge in [-0.25, -0.2) is 4.79 Å². The van der Waals surface area contributed by atoms with Crippen LogP contribution in [-0.4, -0.2) is 36.2 Å². The van der Waals surface area contributed by atoms with Crippen LogP contribution in [0.1, 0.15) is 49.9 Å². The Balaban J connectivity index is 2.12. The van der Waals surface area contributed by atoms with Crippen molar-refractivity contribution in [2.75, 3.05) is 7.11 Å². The molecule has 6 nitrogen and oxygen atoms in total. The Labute approximate surface area is 142 Å². The van der Waals surface area contributed by atoms with Gasteiger partial charge in [0.2, 0.25) is 0 Å². The van der Waals surface area contributed by atoms with E-state index < -0.39 is 17.9 Å². The van der Waals surface area contributed by atoms with Gasteiger partial charge >= 0.3 is 5.97 Å². The molecule has 2 rings (SSSR count). The van der Waals surface area contributed by atoms with Crippen LogP contribution >= 0.6 is 0 Å². The molecule has 0 aromatic heterocycles. The standard InChI is InChI=1S/C18H25NO5/c1-11(2)16(18(21)22)19-17(20)12-8-9-14(15(10-12)23-3)24-13-6-4-5-7-13/h8-11,13,16H,4-7H2,1-3H3,(H,19,20)(H,21,22). The van der Waals surface area contributed by atoms with Crippen LogP contribution < -0.4 is 14.8 Å². The smallest absolute Gasteiger partial charge is 0.326 e. The van der Waals surface area contributed by atoms with E-state index in [4.69, 9.17) is 9.47 Å². The van der Waals surface area contributed by atoms with Crippen molar-refractivity contribution < 1.29 is 24.2 Å². The molecule has 0 bridgehead atoms. The van der Waals surface area contributed by atoms with Gasteiger partial charge in [0, 0.05) is 5.56 Å². The summed E-state index contributed by atoms with van der Waals surface area (Å²) in [5, 5.41) is 11.7. The lowest BCUT2D eigenvalue weighted by Gasteiger charge is -2.19. The van der Waals surface area contributed by atoms with E-state index in [-0.39, 0.29) is 12.0 Å². The van der Waals surface area contributed by atoms with Crippen LogP contribution in [0.2, 0.25) is 0 Å². The molecule has 1 amide bonds. The topological polar surface area (TPSA) is 84.9 Å². The number of carbonyl (C=O) groups is 2. The molecule has 1 aromatic carbocycles. The highest BCUT2D eigenvalue weighted by atomic mass is 16.5. The van der Waals surface area contributed by atoms with E-state index in [0.29, 0.717) is 17.1 Å². The van der Waals surface area contributed by atoms with Crippen molar-refractivity contribution in [1.82, 2.24) is 5.32 Å². The zero-order valence-electron chi connectivity index (χ0n) is 14.4. The minimum atomic E-state index is -1.05. The Kier molecular flexibility index (Phi) is 6.06. The second-order valence-corrected chi connectivity index (χ2v) is 6.42. The fourth-order valence-corrected chi connectivity index (χ4v) is 2.83. The summed E-state index contributed by atoms with van der Waals surface area (Å²) in [7, 11) is 1.52. The van der Waals surface area contributed by atoms with Crippen molar-refractivity contribution in [3.8, 4) is 11.5 Å². The Morgan fingerprint density at radius 3 is 2.42 bits per heavy atom. The van der Waals surface area contributed by atoms with Gasteiger partial charge in [-0.1, -0.05) is 13.8 Å². The number of ether oxygens (including phenoxy) is 2. The van der Waals surface area contributed by atoms with E-state index in [1.807, 2.05) is 0 Å². The van der Waals surface area contributed by atoms with Crippen LogP contribution in [0.25, 0.3) is 0 Å². The summed E-state index contributed by atoms with van der Waals surface area (Å²) in [6, 6.07) is 3.98. The lowest BCUT2D eigenvalue weighted by atomic mass is 10.0. The predicted molar refractivity (Wildman–Crippen MR) is 89.6 cm³/mol. The molecule has 1 fully saturated rings. The van der Waals surface area contributed by atoms with Gasteiger partial charge in [0.1, 0.15) is 6.04 Å². The molecule has 0 saturated heterocycles. The van der Waals surface area contributed by atoms with Crippen LogP contribution in [0.5, 0.6) is 11.5 Å². The SMILES string of the molecule is COc1cc(C(=O)NC(C(=O)O)C(C)C)ccc1OC1CCCC1. The van der Waals surface area contributed by atoms with Gasteiger partial charge in [0.25, 0.3) is 5.91 Å². The molecule has 1 unspecified atom stereocenters. The summed E-state index contributed by atoms with van der Waals surface area (Å²) in [6.45, 7) is 3.50. The fraction of sp³-hybridized carbons (Fsp3) is 0.556. The Morgan fingerprint density at radius 2 is 1.88 bits per heavy atom. The van der Waals surface area contributed by atoms with Crippen LogP contribution in [0.4, 0.5) is 0 Å². The molecule has 1 atom stereocenters. The van der Waals surface area contributed by atoms with Crippen molar-refractivity contribution in [3.05, 3.63) is 23.8 Å². The summed E-state index contributed by atoms with van der Waals surface area (Å²) >= 11 is 0. The summed E-state index contributed by atoms with van der Waals surface area (Å²) < 4.78 is 11.3. The highest BCUT2D eigenvalue weighted by molar-refractivity contribution is 5.97. The first-order valence-electron chi connectivity index (χ1n) is 8.30. The normalized spacial score (nSPS) is 16.0. The lowest BCUT2D eigenvalue weighted by Crippen LogP contribution is -2.44. The molecule has 0 radical (unpaired) electrons. The van der Waals surface area contributed by atoms with Gasteiger partial charge in [0.15, 0.2) is 11.5 Å². The van der Waals surface area contributed by atoms with Crippen LogP contribution in [0.15, 0.2) is 18.2 Å². The first kappa shape index (κ1) is 18.1. The molecule has 1 aliphatic rings. The number of amides is 1. The Hall–Kier alpha value is -2.24. The Morgan fingerprint density at radius 1 is 1.21 bits per heavy atom. The zero-order chi connectivity index (χ0) is 17.7. The van der Waals surface area contributed by atoms with Gasteiger partial charge in [0.05, 0.1) is 13.2 Å². The number of benzene rings is 1. The van der Waals surface area contributed by atoms with Gasteiger partial charge < -0.3 is 19.9 Å². The second-order valence-electron chi connectivity index (χ2n) is 6.42. The summed E-state index contributed by atoms with van der Waals surface area (Å²) in [5.41, 5.74) is 0.345. The number of methoxy groups -OCH3 is 1. The van der Waals surface area contributed by atoms with E-state index in [9.17, 15) is 14.7 Å². The maximum atomic E-state index is 12.3. The number of rotatable bonds is 7. The number of aliphatic carboxylic acids is 1. The quantitative estimate of drug-likeness (QED) is 0.800. The van der Waals surface area contributed by atoms with Crippen molar-refractivity contribution in [3.63, 3.8) is 0 Å². The number of carboxylic acid groups (broad SMARTS) is 1. The highest BCUT2D eigenvalue weighted by Crippen LogP contribution is 2.32. The lowest BCUT2D eigenvalue weighted by molar-refractivity contribution is -0.140. The summed E-state index contributed by atoms with van der Waals surface area (Å²) in [4.78, 5) is 23.5. The van der Waals surface area contributed by atoms with Gasteiger partial charge in [-0.2, -0.15) is 0 Å². The third-order valence-electron chi connectivity index (χ3n) is 4.24. The van der Waals surface area contributed by atoms with Crippen LogP contribution in [0.3, 0.4) is 0 Å². The highest BCUT2D eigenvalue weighted by Gasteiger charge is 2.25. The average molecular weight is 335 g/mol. The van der Waals surface area contributed by atoms with E-state index in [0.717, 1.165) is 12.8 Å². The number of hydrogen-bond donors (Lipinski definition) is 2. The van der Waals surface area contributed by atoms with Crippen LogP contribution in [-0.2, 0) is 4.79 Å². The third kappa shape index (κ3) is 4.40. The van der Waals surface area contributed by atoms with E-state index in [1.54, 1.807) is 32.0 Å². The van der Waals surface area contributed by atoms with Crippen molar-refractivity contribution in [2.24, 2.45) is 5.92 Å². The number of nitrogens with one attached hydrogen (secondary N) is 1. The summed E-state index contributed by atoms with van der Waals surface area (Å²) in [6.07, 6.45) is 4.58. The zero-order valence-corrected chi connectivity index (χ0v) is 14.4. The number of carbonyl (C=O) groups excluding carboxylic acids is 1. The largest absolute Gasteiger partial charge is 0.493 e. The molecule has 2 N–H and O–H groups in total. The summed E-state index contributed by atoms with van der Waals surface area (Å²) in [5.74, 6) is -0.614. The molecular weight excluding hydrogens is 310 g/mol. The monoisotopic (exact) mass is 335 g/mol. The molecule has 1 saturated carbocycles. The minimum Gasteiger partial charge on any atom is -0.493 e. The molecule has 6 heteroatoms. The minimum absolute atomic E-state index is 0.191. The van der Waals surface area contributed by atoms with Gasteiger partial charge in [-0.05, 0) is 49.8 Å². The van der Waals surface area contributed by atoms with E-state index in [1.165, 1.54) is 20.0 Å². The van der Waals surface area contributed by atoms with Crippen molar-refractivity contribution in [1.29, 1.82) is 0 Å². The second kappa shape index (κ2) is 8.04. The first-order chi connectivity index (χ1) is 11.4. The van der Waals surface area contributed by atoms with E-state index in [2.05, 4.69) is 5.32 Å². The van der Waals surface area contributed by atoms with Gasteiger partial charge in [-0.3, -0.25) is 4.79 Å². The predicted octanol–water partition coefficient (Wildman–Crippen LogP) is 2.86. The van der Waals surface area contributed by atoms with E-state index >= 15 is 0 Å². The Bertz CT molecular complexity index is 593. The molecule has 1 aromatic rings. The first-order valence-corrected chi connectivity index (χ1v) is 8.30. The van der Waals surface area contributed by atoms with Crippen molar-refractivity contribution >= 4 is 11.9 Å². The molecular formula is C18H25NO5. The third-order valence-corrected chi connectivity index (χ3v) is 4.24. The molecule has 24 heavy (non-hydrogen) atoms. The average Bonchev–Trinajstić information content (AvgIpc) is 3.05.